The van der Waals surface area contributed by atoms with Crippen LogP contribution < -0.4 is 10.1 Å². The van der Waals surface area contributed by atoms with E-state index in [0.29, 0.717) is 17.1 Å². The average molecular weight is 497 g/mol. The van der Waals surface area contributed by atoms with Crippen LogP contribution in [0.4, 0.5) is 10.1 Å². The second-order valence-corrected chi connectivity index (χ2v) is 8.80. The van der Waals surface area contributed by atoms with Crippen LogP contribution in [0.3, 0.4) is 0 Å². The Kier molecular flexibility index (Phi) is 5.99. The third-order valence-corrected chi connectivity index (χ3v) is 6.25. The Labute approximate surface area is 202 Å². The largest absolute Gasteiger partial charge is 0.470 e. The highest BCUT2D eigenvalue weighted by Crippen LogP contribution is 2.32. The number of benzene rings is 1. The summed E-state index contributed by atoms with van der Waals surface area (Å²) in [5, 5.41) is 14.6. The number of hydrogen-bond acceptors (Lipinski definition) is 6. The van der Waals surface area contributed by atoms with Crippen molar-refractivity contribution in [1.29, 1.82) is 0 Å². The summed E-state index contributed by atoms with van der Waals surface area (Å²) in [4.78, 5) is 18.3. The van der Waals surface area contributed by atoms with E-state index in [1.54, 1.807) is 28.4 Å². The molecular weight excluding hydrogens is 479 g/mol. The van der Waals surface area contributed by atoms with Crippen molar-refractivity contribution in [3.8, 4) is 16.2 Å². The number of carbonyl (C=O) groups excluding carboxylic acids is 1. The van der Waals surface area contributed by atoms with Gasteiger partial charge in [-0.15, -0.1) is 11.3 Å². The van der Waals surface area contributed by atoms with Crippen LogP contribution in [-0.4, -0.2) is 30.5 Å². The molecule has 5 rings (SSSR count). The number of nitrogens with zero attached hydrogens (tertiary/aromatic N) is 5. The first-order valence-corrected chi connectivity index (χ1v) is 11.5. The number of thiophene rings is 1. The second-order valence-electron chi connectivity index (χ2n) is 7.44. The Bertz CT molecular complexity index is 1480. The quantitative estimate of drug-likeness (QED) is 0.337. The van der Waals surface area contributed by atoms with Gasteiger partial charge in [0, 0.05) is 16.6 Å². The molecule has 4 aromatic heterocycles. The van der Waals surface area contributed by atoms with Gasteiger partial charge in [-0.2, -0.15) is 10.2 Å². The molecular formula is C23H18ClFN6O2S. The molecule has 34 heavy (non-hydrogen) atoms. The predicted molar refractivity (Wildman–Crippen MR) is 128 cm³/mol. The highest BCUT2D eigenvalue weighted by atomic mass is 35.5. The van der Waals surface area contributed by atoms with Gasteiger partial charge in [-0.05, 0) is 42.6 Å². The Morgan fingerprint density at radius 2 is 2.18 bits per heavy atom. The summed E-state index contributed by atoms with van der Waals surface area (Å²) < 4.78 is 21.8. The second kappa shape index (κ2) is 9.24. The zero-order chi connectivity index (χ0) is 23.7. The van der Waals surface area contributed by atoms with Gasteiger partial charge in [0.1, 0.15) is 18.1 Å². The van der Waals surface area contributed by atoms with Gasteiger partial charge in [0.25, 0.3) is 0 Å². The summed E-state index contributed by atoms with van der Waals surface area (Å²) in [7, 11) is 0. The molecule has 1 aromatic carbocycles. The molecule has 1 N–H and O–H groups in total. The number of aryl methyl sites for hydroxylation is 1. The van der Waals surface area contributed by atoms with Crippen LogP contribution in [0, 0.1) is 12.7 Å². The Morgan fingerprint density at radius 3 is 2.97 bits per heavy atom. The Morgan fingerprint density at radius 1 is 1.29 bits per heavy atom. The lowest BCUT2D eigenvalue weighted by Gasteiger charge is -2.07. The van der Waals surface area contributed by atoms with Crippen LogP contribution in [0.1, 0.15) is 5.69 Å². The van der Waals surface area contributed by atoms with Crippen molar-refractivity contribution in [3.05, 3.63) is 76.9 Å². The van der Waals surface area contributed by atoms with Crippen molar-refractivity contribution >= 4 is 45.6 Å². The lowest BCUT2D eigenvalue weighted by Crippen LogP contribution is -2.19. The van der Waals surface area contributed by atoms with E-state index in [1.165, 1.54) is 29.1 Å². The Balaban J connectivity index is 1.26. The molecule has 5 aromatic rings. The van der Waals surface area contributed by atoms with E-state index >= 15 is 0 Å². The maximum Gasteiger partial charge on any atom is 0.246 e. The first-order valence-electron chi connectivity index (χ1n) is 10.2. The van der Waals surface area contributed by atoms with E-state index in [2.05, 4.69) is 20.5 Å². The van der Waals surface area contributed by atoms with Crippen LogP contribution in [0.5, 0.6) is 5.75 Å². The topological polar surface area (TPSA) is 86.9 Å². The number of nitrogens with one attached hydrogen (secondary N) is 1. The number of aromatic nitrogens is 5. The number of halogens is 2. The SMILES string of the molecule is Cc1nn(CC(=O)Nc2cnn(COc3ccc(F)cc3Cl)c2)c2nccc(-c3cccs3)c12. The van der Waals surface area contributed by atoms with Crippen molar-refractivity contribution in [2.24, 2.45) is 0 Å². The number of amides is 1. The normalized spacial score (nSPS) is 11.1. The zero-order valence-corrected chi connectivity index (χ0v) is 19.5. The van der Waals surface area contributed by atoms with Crippen LogP contribution in [0.25, 0.3) is 21.5 Å². The van der Waals surface area contributed by atoms with Crippen LogP contribution in [-0.2, 0) is 18.1 Å². The molecule has 0 aliphatic heterocycles. The number of carbonyl (C=O) groups is 1. The van der Waals surface area contributed by atoms with Gasteiger partial charge >= 0.3 is 0 Å². The summed E-state index contributed by atoms with van der Waals surface area (Å²) in [6, 6.07) is 9.88. The van der Waals surface area contributed by atoms with E-state index < -0.39 is 5.82 Å². The minimum atomic E-state index is -0.445. The fourth-order valence-electron chi connectivity index (χ4n) is 3.59. The molecule has 0 radical (unpaired) electrons. The Hall–Kier alpha value is -3.76. The number of pyridine rings is 1. The number of rotatable bonds is 7. The molecule has 8 nitrogen and oxygen atoms in total. The number of hydrogen-bond donors (Lipinski definition) is 1. The van der Waals surface area contributed by atoms with Crippen LogP contribution in [0.2, 0.25) is 5.02 Å². The number of anilines is 1. The standard InChI is InChI=1S/C23H18ClFN6O2S/c1-14-22-17(20-3-2-8-34-20)6-7-26-23(22)31(29-14)12-21(32)28-16-10-27-30(11-16)13-33-19-5-4-15(25)9-18(19)24/h2-11H,12-13H2,1H3,(H,28,32). The van der Waals surface area contributed by atoms with E-state index in [9.17, 15) is 9.18 Å². The molecule has 11 heteroatoms. The molecule has 172 valence electrons. The third kappa shape index (κ3) is 4.50. The van der Waals surface area contributed by atoms with E-state index in [0.717, 1.165) is 21.5 Å². The van der Waals surface area contributed by atoms with Gasteiger partial charge < -0.3 is 10.1 Å². The third-order valence-electron chi connectivity index (χ3n) is 5.05. The predicted octanol–water partition coefficient (Wildman–Crippen LogP) is 5.13. The van der Waals surface area contributed by atoms with Crippen molar-refractivity contribution in [1.82, 2.24) is 24.5 Å². The van der Waals surface area contributed by atoms with Gasteiger partial charge in [-0.1, -0.05) is 17.7 Å². The summed E-state index contributed by atoms with van der Waals surface area (Å²) in [6.45, 7) is 1.95. The molecule has 0 aliphatic carbocycles. The van der Waals surface area contributed by atoms with Crippen LogP contribution in [0.15, 0.2) is 60.4 Å². The molecule has 0 spiro atoms. The first-order chi connectivity index (χ1) is 16.5. The average Bonchev–Trinajstić information content (AvgIpc) is 3.55. The van der Waals surface area contributed by atoms with Gasteiger partial charge in [-0.25, -0.2) is 18.7 Å². The molecule has 0 saturated heterocycles. The van der Waals surface area contributed by atoms with E-state index in [4.69, 9.17) is 16.3 Å². The molecule has 0 saturated carbocycles. The van der Waals surface area contributed by atoms with E-state index in [1.807, 2.05) is 30.5 Å². The smallest absolute Gasteiger partial charge is 0.246 e. The van der Waals surface area contributed by atoms with Gasteiger partial charge in [0.2, 0.25) is 5.91 Å². The van der Waals surface area contributed by atoms with Gasteiger partial charge in [0.05, 0.1) is 34.2 Å². The van der Waals surface area contributed by atoms with Crippen molar-refractivity contribution in [2.75, 3.05) is 5.32 Å². The lowest BCUT2D eigenvalue weighted by molar-refractivity contribution is -0.116. The molecule has 1 amide bonds. The lowest BCUT2D eigenvalue weighted by atomic mass is 10.1. The van der Waals surface area contributed by atoms with Gasteiger partial charge in [-0.3, -0.25) is 4.79 Å². The van der Waals surface area contributed by atoms with Crippen molar-refractivity contribution in [2.45, 2.75) is 20.2 Å². The minimum Gasteiger partial charge on any atom is -0.470 e. The monoisotopic (exact) mass is 496 g/mol. The van der Waals surface area contributed by atoms with E-state index in [-0.39, 0.29) is 24.2 Å². The molecule has 0 unspecified atom stereocenters. The van der Waals surface area contributed by atoms with Crippen molar-refractivity contribution < 1.29 is 13.9 Å². The number of ether oxygens (including phenoxy) is 1. The maximum absolute atomic E-state index is 13.2. The van der Waals surface area contributed by atoms with Crippen molar-refractivity contribution in [3.63, 3.8) is 0 Å². The summed E-state index contributed by atoms with van der Waals surface area (Å²) in [5.41, 5.74) is 3.01. The molecule has 0 aliphatic rings. The zero-order valence-electron chi connectivity index (χ0n) is 17.9. The maximum atomic E-state index is 13.2. The summed E-state index contributed by atoms with van der Waals surface area (Å²) in [5.74, 6) is -0.381. The van der Waals surface area contributed by atoms with Gasteiger partial charge in [0.15, 0.2) is 12.4 Å². The molecule has 0 bridgehead atoms. The minimum absolute atomic E-state index is 0.00188. The highest BCUT2D eigenvalue weighted by molar-refractivity contribution is 7.13. The number of fused-ring (bicyclic) bond motifs is 1. The highest BCUT2D eigenvalue weighted by Gasteiger charge is 2.16. The summed E-state index contributed by atoms with van der Waals surface area (Å²) in [6.07, 6.45) is 4.85. The fourth-order valence-corrected chi connectivity index (χ4v) is 4.57. The first kappa shape index (κ1) is 22.1. The summed E-state index contributed by atoms with van der Waals surface area (Å²) >= 11 is 7.61. The fraction of sp³-hybridized carbons (Fsp3) is 0.130. The van der Waals surface area contributed by atoms with Crippen LogP contribution >= 0.6 is 22.9 Å². The molecule has 0 atom stereocenters. The molecule has 4 heterocycles. The molecule has 0 fully saturated rings.